The van der Waals surface area contributed by atoms with Crippen molar-refractivity contribution in [3.63, 3.8) is 0 Å². The van der Waals surface area contributed by atoms with E-state index in [1.807, 2.05) is 0 Å². The van der Waals surface area contributed by atoms with Gasteiger partial charge < -0.3 is 9.84 Å². The van der Waals surface area contributed by atoms with Crippen LogP contribution in [-0.2, 0) is 9.53 Å². The number of rotatable bonds is 7. The van der Waals surface area contributed by atoms with Gasteiger partial charge in [0, 0.05) is 0 Å². The summed E-state index contributed by atoms with van der Waals surface area (Å²) in [4.78, 5) is 11.0. The zero-order valence-corrected chi connectivity index (χ0v) is 9.45. The number of hydrogen-bond donors (Lipinski definition) is 1. The molecule has 0 amide bonds. The molecule has 0 radical (unpaired) electrons. The van der Waals surface area contributed by atoms with Gasteiger partial charge in [0.2, 0.25) is 0 Å². The third kappa shape index (κ3) is 5.97. The van der Waals surface area contributed by atoms with Crippen molar-refractivity contribution in [2.45, 2.75) is 52.6 Å². The van der Waals surface area contributed by atoms with E-state index in [0.717, 1.165) is 12.8 Å². The Morgan fingerprint density at radius 2 is 2.07 bits per heavy atom. The van der Waals surface area contributed by atoms with Gasteiger partial charge in [-0.25, -0.2) is 4.79 Å². The molecule has 0 aliphatic rings. The highest BCUT2D eigenvalue weighted by Gasteiger charge is 2.13. The fourth-order valence-corrected chi connectivity index (χ4v) is 1.22. The standard InChI is InChI=1S/C11H22O3/c1-4-6-7-10(5-2)8-14-11(13)9(3)12/h9-10,12H,4-8H2,1-3H3/t9-,10-/m1/s1. The molecule has 0 aliphatic carbocycles. The molecule has 84 valence electrons. The second-order valence-corrected chi connectivity index (χ2v) is 3.72. The Labute approximate surface area is 86.5 Å². The Morgan fingerprint density at radius 1 is 1.43 bits per heavy atom. The number of carbonyl (C=O) groups excluding carboxylic acids is 1. The number of ether oxygens (including phenoxy) is 1. The molecule has 3 nitrogen and oxygen atoms in total. The summed E-state index contributed by atoms with van der Waals surface area (Å²) in [5.41, 5.74) is 0. The van der Waals surface area contributed by atoms with E-state index in [4.69, 9.17) is 9.84 Å². The van der Waals surface area contributed by atoms with E-state index in [1.54, 1.807) is 0 Å². The van der Waals surface area contributed by atoms with Crippen LogP contribution in [0.4, 0.5) is 0 Å². The van der Waals surface area contributed by atoms with Crippen molar-refractivity contribution in [1.82, 2.24) is 0 Å². The van der Waals surface area contributed by atoms with Gasteiger partial charge >= 0.3 is 5.97 Å². The largest absolute Gasteiger partial charge is 0.463 e. The molecule has 0 unspecified atom stereocenters. The van der Waals surface area contributed by atoms with Crippen LogP contribution in [0.15, 0.2) is 0 Å². The summed E-state index contributed by atoms with van der Waals surface area (Å²) in [5, 5.41) is 8.91. The summed E-state index contributed by atoms with van der Waals surface area (Å²) in [6.45, 7) is 6.11. The van der Waals surface area contributed by atoms with Crippen LogP contribution >= 0.6 is 0 Å². The minimum Gasteiger partial charge on any atom is -0.463 e. The van der Waals surface area contributed by atoms with Crippen molar-refractivity contribution in [2.24, 2.45) is 5.92 Å². The van der Waals surface area contributed by atoms with Gasteiger partial charge in [-0.1, -0.05) is 33.1 Å². The molecule has 0 spiro atoms. The second kappa shape index (κ2) is 7.80. The fourth-order valence-electron chi connectivity index (χ4n) is 1.22. The summed E-state index contributed by atoms with van der Waals surface area (Å²) in [5.74, 6) is -0.0717. The van der Waals surface area contributed by atoms with Crippen LogP contribution in [-0.4, -0.2) is 23.8 Å². The Balaban J connectivity index is 3.66. The predicted octanol–water partition coefficient (Wildman–Crippen LogP) is 2.13. The van der Waals surface area contributed by atoms with Crippen molar-refractivity contribution in [3.8, 4) is 0 Å². The molecule has 0 aromatic heterocycles. The zero-order valence-electron chi connectivity index (χ0n) is 9.45. The number of hydrogen-bond acceptors (Lipinski definition) is 3. The molecule has 0 saturated carbocycles. The molecule has 0 rings (SSSR count). The lowest BCUT2D eigenvalue weighted by Gasteiger charge is -2.15. The monoisotopic (exact) mass is 202 g/mol. The van der Waals surface area contributed by atoms with Gasteiger partial charge in [-0.2, -0.15) is 0 Å². The predicted molar refractivity (Wildman–Crippen MR) is 55.9 cm³/mol. The van der Waals surface area contributed by atoms with Gasteiger partial charge in [-0.3, -0.25) is 0 Å². The molecule has 0 fully saturated rings. The molecular weight excluding hydrogens is 180 g/mol. The maximum atomic E-state index is 11.0. The minimum absolute atomic E-state index is 0.442. The maximum absolute atomic E-state index is 11.0. The lowest BCUT2D eigenvalue weighted by Crippen LogP contribution is -2.22. The van der Waals surface area contributed by atoms with Crippen LogP contribution in [0, 0.1) is 5.92 Å². The number of esters is 1. The van der Waals surface area contributed by atoms with E-state index in [9.17, 15) is 4.79 Å². The molecule has 3 heteroatoms. The Morgan fingerprint density at radius 3 is 2.50 bits per heavy atom. The van der Waals surface area contributed by atoms with Gasteiger partial charge in [0.25, 0.3) is 0 Å². The molecule has 0 aromatic carbocycles. The molecule has 2 atom stereocenters. The first-order valence-electron chi connectivity index (χ1n) is 5.46. The van der Waals surface area contributed by atoms with E-state index < -0.39 is 12.1 Å². The highest BCUT2D eigenvalue weighted by Crippen LogP contribution is 2.12. The van der Waals surface area contributed by atoms with Gasteiger partial charge in [-0.05, 0) is 19.3 Å². The molecule has 0 aromatic rings. The molecular formula is C11H22O3. The molecule has 0 aliphatic heterocycles. The lowest BCUT2D eigenvalue weighted by molar-refractivity contribution is -0.154. The Kier molecular flexibility index (Phi) is 7.48. The number of unbranched alkanes of at least 4 members (excludes halogenated alkanes) is 1. The van der Waals surface area contributed by atoms with Crippen LogP contribution < -0.4 is 0 Å². The van der Waals surface area contributed by atoms with Gasteiger partial charge in [0.1, 0.15) is 6.10 Å². The molecule has 1 N–H and O–H groups in total. The van der Waals surface area contributed by atoms with Crippen LogP contribution in [0.1, 0.15) is 46.5 Å². The van der Waals surface area contributed by atoms with Crippen molar-refractivity contribution in [3.05, 3.63) is 0 Å². The summed E-state index contributed by atoms with van der Waals surface area (Å²) in [7, 11) is 0. The van der Waals surface area contributed by atoms with E-state index in [2.05, 4.69) is 13.8 Å². The van der Waals surface area contributed by atoms with Crippen LogP contribution in [0.3, 0.4) is 0 Å². The third-order valence-electron chi connectivity index (χ3n) is 2.35. The van der Waals surface area contributed by atoms with E-state index in [1.165, 1.54) is 19.8 Å². The maximum Gasteiger partial charge on any atom is 0.334 e. The summed E-state index contributed by atoms with van der Waals surface area (Å²) in [6, 6.07) is 0. The first-order chi connectivity index (χ1) is 6.61. The minimum atomic E-state index is -1.00. The SMILES string of the molecule is CCCC[C@@H](CC)COC(=O)[C@@H](C)O. The number of carbonyl (C=O) groups is 1. The third-order valence-corrected chi connectivity index (χ3v) is 2.35. The summed E-state index contributed by atoms with van der Waals surface area (Å²) in [6.07, 6.45) is 3.46. The van der Waals surface area contributed by atoms with Gasteiger partial charge in [-0.15, -0.1) is 0 Å². The van der Waals surface area contributed by atoms with Crippen molar-refractivity contribution >= 4 is 5.97 Å². The number of aliphatic hydroxyl groups is 1. The van der Waals surface area contributed by atoms with Gasteiger partial charge in [0.05, 0.1) is 6.61 Å². The van der Waals surface area contributed by atoms with Crippen molar-refractivity contribution in [2.75, 3.05) is 6.61 Å². The topological polar surface area (TPSA) is 46.5 Å². The summed E-state index contributed by atoms with van der Waals surface area (Å²) < 4.78 is 4.96. The molecule has 0 bridgehead atoms. The number of aliphatic hydroxyl groups excluding tert-OH is 1. The van der Waals surface area contributed by atoms with E-state index in [0.29, 0.717) is 12.5 Å². The highest BCUT2D eigenvalue weighted by molar-refractivity contribution is 5.73. The Bertz CT molecular complexity index is 155. The molecule has 0 heterocycles. The molecule has 14 heavy (non-hydrogen) atoms. The average Bonchev–Trinajstić information content (AvgIpc) is 2.17. The average molecular weight is 202 g/mol. The van der Waals surface area contributed by atoms with Crippen LogP contribution in [0.25, 0.3) is 0 Å². The van der Waals surface area contributed by atoms with E-state index in [-0.39, 0.29) is 0 Å². The lowest BCUT2D eigenvalue weighted by atomic mass is 10.0. The highest BCUT2D eigenvalue weighted by atomic mass is 16.5. The van der Waals surface area contributed by atoms with Crippen molar-refractivity contribution < 1.29 is 14.6 Å². The smallest absolute Gasteiger partial charge is 0.334 e. The molecule has 0 saturated heterocycles. The summed E-state index contributed by atoms with van der Waals surface area (Å²) >= 11 is 0. The first kappa shape index (κ1) is 13.4. The van der Waals surface area contributed by atoms with Gasteiger partial charge in [0.15, 0.2) is 0 Å². The van der Waals surface area contributed by atoms with Crippen LogP contribution in [0.5, 0.6) is 0 Å². The second-order valence-electron chi connectivity index (χ2n) is 3.72. The van der Waals surface area contributed by atoms with E-state index >= 15 is 0 Å². The van der Waals surface area contributed by atoms with Crippen LogP contribution in [0.2, 0.25) is 0 Å². The quantitative estimate of drug-likeness (QED) is 0.643. The first-order valence-corrected chi connectivity index (χ1v) is 5.46. The Hall–Kier alpha value is -0.570. The van der Waals surface area contributed by atoms with Crippen molar-refractivity contribution in [1.29, 1.82) is 0 Å². The normalized spacial score (nSPS) is 14.9. The fraction of sp³-hybridized carbons (Fsp3) is 0.909. The zero-order chi connectivity index (χ0) is 11.0.